The van der Waals surface area contributed by atoms with Crippen LogP contribution in [0.5, 0.6) is 0 Å². The Labute approximate surface area is 157 Å². The molecule has 9 heteroatoms. The Balaban J connectivity index is 2.80. The molecule has 2 atom stereocenters. The van der Waals surface area contributed by atoms with Crippen molar-refractivity contribution in [3.05, 3.63) is 52.6 Å². The number of aliphatic carboxylic acids is 1. The topological polar surface area (TPSA) is 128 Å². The number of hydrogen-bond acceptors (Lipinski definition) is 6. The van der Waals surface area contributed by atoms with Crippen molar-refractivity contribution in [2.45, 2.75) is 25.8 Å². The lowest BCUT2D eigenvalue weighted by atomic mass is 9.96. The fraction of sp³-hybridized carbons (Fsp3) is 0.444. The molecule has 0 aliphatic carbocycles. The van der Waals surface area contributed by atoms with E-state index in [0.717, 1.165) is 0 Å². The van der Waals surface area contributed by atoms with Crippen LogP contribution in [0.2, 0.25) is 0 Å². The molecule has 0 aliphatic rings. The number of nitrogens with one attached hydrogen (secondary N) is 1. The van der Waals surface area contributed by atoms with Crippen molar-refractivity contribution in [1.82, 2.24) is 5.32 Å². The maximum atomic E-state index is 12.4. The maximum Gasteiger partial charge on any atom is 0.306 e. The highest BCUT2D eigenvalue weighted by molar-refractivity contribution is 5.94. The van der Waals surface area contributed by atoms with Crippen molar-refractivity contribution < 1.29 is 29.1 Å². The van der Waals surface area contributed by atoms with Gasteiger partial charge in [-0.3, -0.25) is 19.7 Å². The first-order chi connectivity index (χ1) is 12.9. The molecule has 2 N–H and O–H groups in total. The molecular weight excluding hydrogens is 356 g/mol. The standard InChI is InChI=1S/C18H24N2O7/c1-3-5-14(18(22)23)10-15(11-27-12-26-4-2)19-17(21)13-6-8-16(9-7-13)20(24)25/h3,6-9,14-15H,1,4-5,10-12H2,2H3,(H,19,21)(H,22,23). The third kappa shape index (κ3) is 7.97. The average molecular weight is 380 g/mol. The molecular formula is C18H24N2O7. The average Bonchev–Trinajstić information content (AvgIpc) is 2.64. The van der Waals surface area contributed by atoms with E-state index in [2.05, 4.69) is 11.9 Å². The lowest BCUT2D eigenvalue weighted by molar-refractivity contribution is -0.384. The van der Waals surface area contributed by atoms with Crippen LogP contribution in [-0.4, -0.2) is 48.0 Å². The van der Waals surface area contributed by atoms with Crippen LogP contribution < -0.4 is 5.32 Å². The minimum Gasteiger partial charge on any atom is -0.481 e. The first-order valence-corrected chi connectivity index (χ1v) is 8.43. The summed E-state index contributed by atoms with van der Waals surface area (Å²) in [4.78, 5) is 33.9. The van der Waals surface area contributed by atoms with Crippen LogP contribution in [-0.2, 0) is 14.3 Å². The molecule has 0 bridgehead atoms. The van der Waals surface area contributed by atoms with Gasteiger partial charge in [0.1, 0.15) is 6.79 Å². The number of non-ortho nitro benzene ring substituents is 1. The van der Waals surface area contributed by atoms with E-state index in [1.165, 1.54) is 30.3 Å². The number of hydrogen-bond donors (Lipinski definition) is 2. The minimum atomic E-state index is -0.991. The van der Waals surface area contributed by atoms with Crippen LogP contribution in [0.3, 0.4) is 0 Å². The van der Waals surface area contributed by atoms with Gasteiger partial charge >= 0.3 is 5.97 Å². The van der Waals surface area contributed by atoms with Crippen LogP contribution in [0.1, 0.15) is 30.1 Å². The van der Waals surface area contributed by atoms with E-state index < -0.39 is 28.8 Å². The maximum absolute atomic E-state index is 12.4. The van der Waals surface area contributed by atoms with E-state index in [9.17, 15) is 24.8 Å². The molecule has 0 saturated heterocycles. The van der Waals surface area contributed by atoms with Crippen LogP contribution in [0.15, 0.2) is 36.9 Å². The van der Waals surface area contributed by atoms with Crippen LogP contribution in [0.4, 0.5) is 5.69 Å². The zero-order valence-corrected chi connectivity index (χ0v) is 15.1. The number of benzene rings is 1. The molecule has 0 radical (unpaired) electrons. The summed E-state index contributed by atoms with van der Waals surface area (Å²) < 4.78 is 10.4. The minimum absolute atomic E-state index is 0.0274. The van der Waals surface area contributed by atoms with Gasteiger partial charge < -0.3 is 19.9 Å². The van der Waals surface area contributed by atoms with Gasteiger partial charge in [0.2, 0.25) is 0 Å². The van der Waals surface area contributed by atoms with E-state index in [4.69, 9.17) is 9.47 Å². The Bertz CT molecular complexity index is 646. The number of carboxylic acid groups (broad SMARTS) is 1. The molecule has 0 aliphatic heterocycles. The number of carboxylic acids is 1. The zero-order chi connectivity index (χ0) is 20.2. The smallest absolute Gasteiger partial charge is 0.306 e. The van der Waals surface area contributed by atoms with E-state index in [-0.39, 0.29) is 37.5 Å². The van der Waals surface area contributed by atoms with Crippen molar-refractivity contribution in [1.29, 1.82) is 0 Å². The Morgan fingerprint density at radius 1 is 1.33 bits per heavy atom. The van der Waals surface area contributed by atoms with Crippen molar-refractivity contribution in [3.8, 4) is 0 Å². The van der Waals surface area contributed by atoms with Crippen molar-refractivity contribution in [3.63, 3.8) is 0 Å². The fourth-order valence-corrected chi connectivity index (χ4v) is 2.35. The molecule has 1 amide bonds. The molecule has 2 unspecified atom stereocenters. The summed E-state index contributed by atoms with van der Waals surface area (Å²) >= 11 is 0. The Morgan fingerprint density at radius 3 is 2.52 bits per heavy atom. The third-order valence-electron chi connectivity index (χ3n) is 3.73. The Kier molecular flexibility index (Phi) is 9.70. The number of carbonyl (C=O) groups excluding carboxylic acids is 1. The predicted molar refractivity (Wildman–Crippen MR) is 97.4 cm³/mol. The summed E-state index contributed by atoms with van der Waals surface area (Å²) in [6.07, 6.45) is 1.91. The molecule has 0 saturated carbocycles. The summed E-state index contributed by atoms with van der Waals surface area (Å²) in [5.74, 6) is -2.19. The summed E-state index contributed by atoms with van der Waals surface area (Å²) in [6, 6.07) is 4.56. The molecule has 1 aromatic rings. The SMILES string of the molecule is C=CCC(CC(COCOCC)NC(=O)c1ccc([N+](=O)[O-])cc1)C(=O)O. The van der Waals surface area contributed by atoms with Gasteiger partial charge in [0.15, 0.2) is 0 Å². The number of nitro groups is 1. The van der Waals surface area contributed by atoms with Crippen molar-refractivity contribution >= 4 is 17.6 Å². The van der Waals surface area contributed by atoms with E-state index in [1.807, 2.05) is 6.92 Å². The predicted octanol–water partition coefficient (Wildman–Crippen LogP) is 2.37. The number of nitrogens with zero attached hydrogens (tertiary/aromatic N) is 1. The first-order valence-electron chi connectivity index (χ1n) is 8.43. The number of ether oxygens (including phenoxy) is 2. The van der Waals surface area contributed by atoms with Gasteiger partial charge in [-0.2, -0.15) is 0 Å². The normalized spacial score (nSPS) is 12.8. The van der Waals surface area contributed by atoms with E-state index >= 15 is 0 Å². The monoisotopic (exact) mass is 380 g/mol. The fourth-order valence-electron chi connectivity index (χ4n) is 2.35. The zero-order valence-electron chi connectivity index (χ0n) is 15.1. The molecule has 1 rings (SSSR count). The highest BCUT2D eigenvalue weighted by atomic mass is 16.7. The Morgan fingerprint density at radius 2 is 2.00 bits per heavy atom. The lowest BCUT2D eigenvalue weighted by Gasteiger charge is -2.22. The summed E-state index contributed by atoms with van der Waals surface area (Å²) in [7, 11) is 0. The van der Waals surface area contributed by atoms with Crippen LogP contribution in [0.25, 0.3) is 0 Å². The molecule has 148 valence electrons. The number of nitro benzene ring substituents is 1. The lowest BCUT2D eigenvalue weighted by Crippen LogP contribution is -2.40. The number of amides is 1. The number of rotatable bonds is 13. The second-order valence-electron chi connectivity index (χ2n) is 5.75. The van der Waals surface area contributed by atoms with Crippen LogP contribution in [0, 0.1) is 16.0 Å². The second kappa shape index (κ2) is 11.8. The summed E-state index contributed by atoms with van der Waals surface area (Å²) in [5.41, 5.74) is 0.103. The van der Waals surface area contributed by atoms with E-state index in [1.54, 1.807) is 0 Å². The van der Waals surface area contributed by atoms with E-state index in [0.29, 0.717) is 6.61 Å². The van der Waals surface area contributed by atoms with Gasteiger partial charge in [-0.05, 0) is 31.9 Å². The highest BCUT2D eigenvalue weighted by Gasteiger charge is 2.23. The summed E-state index contributed by atoms with van der Waals surface area (Å²) in [6.45, 7) is 5.92. The van der Waals surface area contributed by atoms with Crippen molar-refractivity contribution in [2.24, 2.45) is 5.92 Å². The number of carbonyl (C=O) groups is 2. The third-order valence-corrected chi connectivity index (χ3v) is 3.73. The molecule has 0 fully saturated rings. The quantitative estimate of drug-likeness (QED) is 0.177. The van der Waals surface area contributed by atoms with Crippen LogP contribution >= 0.6 is 0 Å². The molecule has 0 spiro atoms. The van der Waals surface area contributed by atoms with Gasteiger partial charge in [-0.25, -0.2) is 0 Å². The van der Waals surface area contributed by atoms with Gasteiger partial charge in [-0.15, -0.1) is 6.58 Å². The molecule has 27 heavy (non-hydrogen) atoms. The van der Waals surface area contributed by atoms with Gasteiger partial charge in [0.05, 0.1) is 23.5 Å². The van der Waals surface area contributed by atoms with Gasteiger partial charge in [-0.1, -0.05) is 6.08 Å². The van der Waals surface area contributed by atoms with Crippen molar-refractivity contribution in [2.75, 3.05) is 20.0 Å². The largest absolute Gasteiger partial charge is 0.481 e. The Hall–Kier alpha value is -2.78. The molecule has 0 heterocycles. The molecule has 9 nitrogen and oxygen atoms in total. The summed E-state index contributed by atoms with van der Waals surface area (Å²) in [5, 5.41) is 22.7. The second-order valence-corrected chi connectivity index (χ2v) is 5.75. The molecule has 0 aromatic heterocycles. The van der Waals surface area contributed by atoms with Gasteiger partial charge in [0.25, 0.3) is 11.6 Å². The van der Waals surface area contributed by atoms with Gasteiger partial charge in [0, 0.05) is 24.3 Å². The highest BCUT2D eigenvalue weighted by Crippen LogP contribution is 2.15. The number of allylic oxidation sites excluding steroid dienone is 1. The first kappa shape index (κ1) is 22.3. The molecule has 1 aromatic carbocycles.